The van der Waals surface area contributed by atoms with Gasteiger partial charge in [-0.3, -0.25) is 4.79 Å². The SMILES string of the molecule is O=C(N1CCOCC1)N1CCCC1Cn1nc2c(cc1=O)CCCC2. The van der Waals surface area contributed by atoms with Gasteiger partial charge in [-0.1, -0.05) is 0 Å². The Kier molecular flexibility index (Phi) is 4.74. The summed E-state index contributed by atoms with van der Waals surface area (Å²) in [4.78, 5) is 29.0. The van der Waals surface area contributed by atoms with Gasteiger partial charge in [-0.25, -0.2) is 9.48 Å². The summed E-state index contributed by atoms with van der Waals surface area (Å²) in [6.07, 6.45) is 6.12. The number of urea groups is 1. The molecule has 7 heteroatoms. The van der Waals surface area contributed by atoms with Gasteiger partial charge in [0.1, 0.15) is 0 Å². The van der Waals surface area contributed by atoms with E-state index < -0.39 is 0 Å². The second-order valence-electron chi connectivity index (χ2n) is 7.22. The van der Waals surface area contributed by atoms with E-state index in [0.717, 1.165) is 56.3 Å². The molecule has 3 heterocycles. The number of aromatic nitrogens is 2. The van der Waals surface area contributed by atoms with Crippen molar-refractivity contribution in [1.29, 1.82) is 0 Å². The molecular weight excluding hydrogens is 320 g/mol. The largest absolute Gasteiger partial charge is 0.378 e. The first-order valence-corrected chi connectivity index (χ1v) is 9.45. The van der Waals surface area contributed by atoms with E-state index in [1.54, 1.807) is 10.7 Å². The molecule has 7 nitrogen and oxygen atoms in total. The Morgan fingerprint density at radius 3 is 2.80 bits per heavy atom. The van der Waals surface area contributed by atoms with Crippen molar-refractivity contribution in [3.63, 3.8) is 0 Å². The molecule has 1 atom stereocenters. The zero-order valence-corrected chi connectivity index (χ0v) is 14.7. The van der Waals surface area contributed by atoms with E-state index in [1.165, 1.54) is 0 Å². The van der Waals surface area contributed by atoms with Gasteiger partial charge in [-0.2, -0.15) is 5.10 Å². The van der Waals surface area contributed by atoms with Crippen molar-refractivity contribution in [2.24, 2.45) is 0 Å². The predicted octanol–water partition coefficient (Wildman–Crippen LogP) is 1.04. The summed E-state index contributed by atoms with van der Waals surface area (Å²) in [6, 6.07) is 1.89. The number of amides is 2. The van der Waals surface area contributed by atoms with Crippen molar-refractivity contribution >= 4 is 6.03 Å². The summed E-state index contributed by atoms with van der Waals surface area (Å²) < 4.78 is 6.92. The van der Waals surface area contributed by atoms with Crippen LogP contribution in [-0.2, 0) is 24.1 Å². The highest BCUT2D eigenvalue weighted by atomic mass is 16.5. The number of fused-ring (bicyclic) bond motifs is 1. The molecule has 4 rings (SSSR count). The van der Waals surface area contributed by atoms with E-state index >= 15 is 0 Å². The van der Waals surface area contributed by atoms with Crippen molar-refractivity contribution in [3.05, 3.63) is 27.7 Å². The molecule has 25 heavy (non-hydrogen) atoms. The van der Waals surface area contributed by atoms with Gasteiger partial charge in [-0.15, -0.1) is 0 Å². The Bertz CT molecular complexity index is 696. The van der Waals surface area contributed by atoms with Crippen LogP contribution in [0.3, 0.4) is 0 Å². The summed E-state index contributed by atoms with van der Waals surface area (Å²) in [5, 5.41) is 4.62. The first kappa shape index (κ1) is 16.6. The highest BCUT2D eigenvalue weighted by Gasteiger charge is 2.33. The van der Waals surface area contributed by atoms with E-state index in [9.17, 15) is 9.59 Å². The second-order valence-corrected chi connectivity index (χ2v) is 7.22. The number of ether oxygens (including phenoxy) is 1. The van der Waals surface area contributed by atoms with E-state index in [0.29, 0.717) is 32.8 Å². The number of morpholine rings is 1. The fourth-order valence-corrected chi connectivity index (χ4v) is 4.15. The van der Waals surface area contributed by atoms with E-state index in [2.05, 4.69) is 5.10 Å². The van der Waals surface area contributed by atoms with Gasteiger partial charge < -0.3 is 14.5 Å². The first-order valence-electron chi connectivity index (χ1n) is 9.45. The summed E-state index contributed by atoms with van der Waals surface area (Å²) in [5.41, 5.74) is 2.14. The van der Waals surface area contributed by atoms with Gasteiger partial charge in [0.25, 0.3) is 5.56 Å². The zero-order chi connectivity index (χ0) is 17.2. The fourth-order valence-electron chi connectivity index (χ4n) is 4.15. The van der Waals surface area contributed by atoms with Crippen molar-refractivity contribution in [2.75, 3.05) is 32.8 Å². The van der Waals surface area contributed by atoms with Crippen LogP contribution in [0.4, 0.5) is 4.79 Å². The minimum absolute atomic E-state index is 0.0358. The summed E-state index contributed by atoms with van der Waals surface area (Å²) in [7, 11) is 0. The molecule has 1 aliphatic carbocycles. The topological polar surface area (TPSA) is 67.7 Å². The number of rotatable bonds is 2. The molecule has 1 aromatic rings. The normalized spacial score (nSPS) is 23.6. The van der Waals surface area contributed by atoms with Crippen LogP contribution in [0.5, 0.6) is 0 Å². The van der Waals surface area contributed by atoms with Crippen LogP contribution in [-0.4, -0.2) is 64.5 Å². The fraction of sp³-hybridized carbons (Fsp3) is 0.722. The molecule has 0 N–H and O–H groups in total. The van der Waals surface area contributed by atoms with Gasteiger partial charge in [0.05, 0.1) is 31.5 Å². The van der Waals surface area contributed by atoms with Gasteiger partial charge in [0, 0.05) is 25.7 Å². The molecule has 1 unspecified atom stereocenters. The Balaban J connectivity index is 1.49. The number of aryl methyl sites for hydroxylation is 2. The lowest BCUT2D eigenvalue weighted by atomic mass is 9.97. The summed E-state index contributed by atoms with van der Waals surface area (Å²) >= 11 is 0. The van der Waals surface area contributed by atoms with Crippen LogP contribution in [0.1, 0.15) is 36.9 Å². The highest BCUT2D eigenvalue weighted by molar-refractivity contribution is 5.75. The average molecular weight is 346 g/mol. The Labute approximate surface area is 147 Å². The lowest BCUT2D eigenvalue weighted by molar-refractivity contribution is 0.0414. The first-order chi connectivity index (χ1) is 12.2. The standard InChI is InChI=1S/C18H26N4O3/c23-17-12-14-4-1-2-6-16(14)19-22(17)13-15-5-3-7-21(15)18(24)20-8-10-25-11-9-20/h12,15H,1-11,13H2. The summed E-state index contributed by atoms with van der Waals surface area (Å²) in [6.45, 7) is 3.78. The number of hydrogen-bond acceptors (Lipinski definition) is 4. The van der Waals surface area contributed by atoms with Crippen molar-refractivity contribution in [2.45, 2.75) is 51.1 Å². The van der Waals surface area contributed by atoms with Crippen LogP contribution in [0.2, 0.25) is 0 Å². The van der Waals surface area contributed by atoms with Crippen LogP contribution < -0.4 is 5.56 Å². The van der Waals surface area contributed by atoms with Gasteiger partial charge in [-0.05, 0) is 44.1 Å². The van der Waals surface area contributed by atoms with E-state index in [-0.39, 0.29) is 17.6 Å². The molecule has 2 aliphatic heterocycles. The molecular formula is C18H26N4O3. The number of carbonyl (C=O) groups excluding carboxylic acids is 1. The molecule has 2 fully saturated rings. The van der Waals surface area contributed by atoms with Crippen molar-refractivity contribution < 1.29 is 9.53 Å². The molecule has 136 valence electrons. The Morgan fingerprint density at radius 2 is 1.96 bits per heavy atom. The molecule has 0 radical (unpaired) electrons. The van der Waals surface area contributed by atoms with Crippen molar-refractivity contribution in [1.82, 2.24) is 19.6 Å². The van der Waals surface area contributed by atoms with E-state index in [1.807, 2.05) is 9.80 Å². The van der Waals surface area contributed by atoms with E-state index in [4.69, 9.17) is 4.74 Å². The third-order valence-electron chi connectivity index (χ3n) is 5.56. The number of nitrogens with zero attached hydrogens (tertiary/aromatic N) is 4. The third kappa shape index (κ3) is 3.42. The molecule has 0 saturated carbocycles. The van der Waals surface area contributed by atoms with Gasteiger partial charge in [0.15, 0.2) is 0 Å². The minimum Gasteiger partial charge on any atom is -0.378 e. The van der Waals surface area contributed by atoms with Gasteiger partial charge >= 0.3 is 6.03 Å². The minimum atomic E-state index is -0.0358. The predicted molar refractivity (Wildman–Crippen MR) is 92.7 cm³/mol. The molecule has 2 saturated heterocycles. The van der Waals surface area contributed by atoms with Crippen molar-refractivity contribution in [3.8, 4) is 0 Å². The summed E-state index contributed by atoms with van der Waals surface area (Å²) in [5.74, 6) is 0. The smallest absolute Gasteiger partial charge is 0.320 e. The van der Waals surface area contributed by atoms with Crippen LogP contribution >= 0.6 is 0 Å². The molecule has 0 bridgehead atoms. The number of likely N-dealkylation sites (tertiary alicyclic amines) is 1. The third-order valence-corrected chi connectivity index (χ3v) is 5.56. The molecule has 1 aromatic heterocycles. The van der Waals surface area contributed by atoms with Crippen LogP contribution in [0, 0.1) is 0 Å². The number of carbonyl (C=O) groups is 1. The maximum absolute atomic E-state index is 12.8. The Hall–Kier alpha value is -1.89. The zero-order valence-electron chi connectivity index (χ0n) is 14.7. The molecule has 2 amide bonds. The molecule has 0 spiro atoms. The quantitative estimate of drug-likeness (QED) is 0.802. The second kappa shape index (κ2) is 7.15. The van der Waals surface area contributed by atoms with Crippen LogP contribution in [0.15, 0.2) is 10.9 Å². The molecule has 0 aromatic carbocycles. The number of hydrogen-bond donors (Lipinski definition) is 0. The molecule has 3 aliphatic rings. The average Bonchev–Trinajstić information content (AvgIpc) is 3.10. The van der Waals surface area contributed by atoms with Gasteiger partial charge in [0.2, 0.25) is 0 Å². The maximum Gasteiger partial charge on any atom is 0.320 e. The highest BCUT2D eigenvalue weighted by Crippen LogP contribution is 2.22. The monoisotopic (exact) mass is 346 g/mol. The van der Waals surface area contributed by atoms with Crippen LogP contribution in [0.25, 0.3) is 0 Å². The lowest BCUT2D eigenvalue weighted by Crippen LogP contribution is -2.51. The lowest BCUT2D eigenvalue weighted by Gasteiger charge is -2.34. The Morgan fingerprint density at radius 1 is 1.16 bits per heavy atom. The maximum atomic E-state index is 12.8.